The van der Waals surface area contributed by atoms with Crippen molar-refractivity contribution in [2.75, 3.05) is 11.5 Å². The van der Waals surface area contributed by atoms with Crippen LogP contribution in [0, 0.1) is 0 Å². The lowest BCUT2D eigenvalue weighted by Crippen LogP contribution is -2.26. The number of hydrogen-bond acceptors (Lipinski definition) is 3. The molecular formula is C13H20N2OS. The van der Waals surface area contributed by atoms with E-state index >= 15 is 0 Å². The second-order valence-electron chi connectivity index (χ2n) is 4.92. The van der Waals surface area contributed by atoms with Crippen LogP contribution in [0.5, 0.6) is 0 Å². The summed E-state index contributed by atoms with van der Waals surface area (Å²) in [5, 5.41) is 2.89. The molecule has 0 aliphatic heterocycles. The highest BCUT2D eigenvalue weighted by Crippen LogP contribution is 2.22. The summed E-state index contributed by atoms with van der Waals surface area (Å²) in [6, 6.07) is 7.52. The monoisotopic (exact) mass is 252 g/mol. The van der Waals surface area contributed by atoms with Crippen LogP contribution >= 0.6 is 11.8 Å². The third-order valence-corrected chi connectivity index (χ3v) is 3.38. The second kappa shape index (κ2) is 5.96. The number of thioether (sulfide) groups is 1. The minimum Gasteiger partial charge on any atom is -0.399 e. The molecule has 0 saturated heterocycles. The first-order chi connectivity index (χ1) is 7.87. The van der Waals surface area contributed by atoms with Crippen molar-refractivity contribution in [3.8, 4) is 0 Å². The van der Waals surface area contributed by atoms with E-state index in [-0.39, 0.29) is 10.7 Å². The van der Waals surface area contributed by atoms with E-state index in [1.54, 1.807) is 11.8 Å². The highest BCUT2D eigenvalue weighted by Gasteiger charge is 2.12. The van der Waals surface area contributed by atoms with Crippen LogP contribution in [0.4, 0.5) is 5.69 Å². The van der Waals surface area contributed by atoms with E-state index in [4.69, 9.17) is 5.73 Å². The molecule has 3 nitrogen and oxygen atoms in total. The molecule has 94 valence electrons. The molecule has 0 aromatic heterocycles. The van der Waals surface area contributed by atoms with Gasteiger partial charge in [0.05, 0.1) is 5.75 Å². The molecule has 17 heavy (non-hydrogen) atoms. The van der Waals surface area contributed by atoms with E-state index in [0.717, 1.165) is 11.3 Å². The predicted molar refractivity (Wildman–Crippen MR) is 74.9 cm³/mol. The first-order valence-electron chi connectivity index (χ1n) is 5.62. The number of carbonyl (C=O) groups is 1. The quantitative estimate of drug-likeness (QED) is 0.809. The Morgan fingerprint density at radius 2 is 1.88 bits per heavy atom. The lowest BCUT2D eigenvalue weighted by molar-refractivity contribution is -0.118. The zero-order chi connectivity index (χ0) is 12.9. The van der Waals surface area contributed by atoms with Crippen molar-refractivity contribution in [2.24, 2.45) is 0 Å². The highest BCUT2D eigenvalue weighted by molar-refractivity contribution is 8.01. The molecule has 0 unspecified atom stereocenters. The topological polar surface area (TPSA) is 55.1 Å². The molecule has 1 rings (SSSR count). The molecule has 0 fully saturated rings. The van der Waals surface area contributed by atoms with E-state index in [1.165, 1.54) is 0 Å². The van der Waals surface area contributed by atoms with Crippen molar-refractivity contribution >= 4 is 23.4 Å². The Morgan fingerprint density at radius 3 is 2.41 bits per heavy atom. The molecule has 0 heterocycles. The first-order valence-corrected chi connectivity index (χ1v) is 6.60. The highest BCUT2D eigenvalue weighted by atomic mass is 32.2. The van der Waals surface area contributed by atoms with Gasteiger partial charge in [0.2, 0.25) is 5.91 Å². The fraction of sp³-hybridized carbons (Fsp3) is 0.462. The first kappa shape index (κ1) is 13.9. The van der Waals surface area contributed by atoms with Crippen molar-refractivity contribution in [1.82, 2.24) is 5.32 Å². The third-order valence-electron chi connectivity index (χ3n) is 2.11. The summed E-state index contributed by atoms with van der Waals surface area (Å²) in [5.41, 5.74) is 7.39. The molecule has 1 aromatic rings. The average Bonchev–Trinajstić information content (AvgIpc) is 2.25. The smallest absolute Gasteiger partial charge is 0.230 e. The van der Waals surface area contributed by atoms with Gasteiger partial charge >= 0.3 is 0 Å². The molecule has 0 radical (unpaired) electrons. The number of nitrogen functional groups attached to an aromatic ring is 1. The van der Waals surface area contributed by atoms with Gasteiger partial charge < -0.3 is 11.1 Å². The molecule has 0 bridgehead atoms. The maximum absolute atomic E-state index is 11.6. The summed E-state index contributed by atoms with van der Waals surface area (Å²) in [6.45, 7) is 6.87. The van der Waals surface area contributed by atoms with E-state index in [0.29, 0.717) is 12.3 Å². The molecule has 1 aromatic carbocycles. The summed E-state index contributed by atoms with van der Waals surface area (Å²) in [4.78, 5) is 11.6. The second-order valence-corrected chi connectivity index (χ2v) is 6.72. The molecule has 0 atom stereocenters. The van der Waals surface area contributed by atoms with Gasteiger partial charge in [-0.05, 0) is 17.7 Å². The number of hydrogen-bond donors (Lipinski definition) is 2. The lowest BCUT2D eigenvalue weighted by Gasteiger charge is -2.16. The maximum Gasteiger partial charge on any atom is 0.230 e. The molecule has 3 N–H and O–H groups in total. The number of nitrogens with one attached hydrogen (secondary N) is 1. The fourth-order valence-electron chi connectivity index (χ4n) is 1.17. The zero-order valence-electron chi connectivity index (χ0n) is 10.6. The van der Waals surface area contributed by atoms with Crippen LogP contribution in [0.1, 0.15) is 26.3 Å². The normalized spacial score (nSPS) is 11.2. The number of carbonyl (C=O) groups excluding carboxylic acids is 1. The van der Waals surface area contributed by atoms with Crippen LogP contribution in [-0.2, 0) is 11.3 Å². The minimum absolute atomic E-state index is 0.0711. The van der Waals surface area contributed by atoms with Gasteiger partial charge in [-0.15, -0.1) is 11.8 Å². The summed E-state index contributed by atoms with van der Waals surface area (Å²) < 4.78 is 0.124. The van der Waals surface area contributed by atoms with Gasteiger partial charge in [-0.3, -0.25) is 4.79 Å². The van der Waals surface area contributed by atoms with Gasteiger partial charge in [0, 0.05) is 17.0 Å². The minimum atomic E-state index is 0.0711. The van der Waals surface area contributed by atoms with Gasteiger partial charge in [0.1, 0.15) is 0 Å². The fourth-order valence-corrected chi connectivity index (χ4v) is 1.84. The van der Waals surface area contributed by atoms with Crippen LogP contribution in [0.25, 0.3) is 0 Å². The van der Waals surface area contributed by atoms with Crippen LogP contribution in [-0.4, -0.2) is 16.4 Å². The van der Waals surface area contributed by atoms with Crippen LogP contribution < -0.4 is 11.1 Å². The number of nitrogens with two attached hydrogens (primary N) is 1. The summed E-state index contributed by atoms with van der Waals surface area (Å²) >= 11 is 1.65. The Kier molecular flexibility index (Phi) is 4.87. The molecule has 0 aliphatic carbocycles. The molecule has 0 saturated carbocycles. The summed E-state index contributed by atoms with van der Waals surface area (Å²) in [5.74, 6) is 0.570. The van der Waals surface area contributed by atoms with Crippen LogP contribution in [0.2, 0.25) is 0 Å². The average molecular weight is 252 g/mol. The molecule has 0 aliphatic rings. The SMILES string of the molecule is CC(C)(C)SCC(=O)NCc1ccc(N)cc1. The van der Waals surface area contributed by atoms with Crippen molar-refractivity contribution in [3.63, 3.8) is 0 Å². The van der Waals surface area contributed by atoms with Crippen LogP contribution in [0.15, 0.2) is 24.3 Å². The van der Waals surface area contributed by atoms with Crippen molar-refractivity contribution in [1.29, 1.82) is 0 Å². The maximum atomic E-state index is 11.6. The summed E-state index contributed by atoms with van der Waals surface area (Å²) in [6.07, 6.45) is 0. The zero-order valence-corrected chi connectivity index (χ0v) is 11.4. The Bertz CT molecular complexity index is 368. The summed E-state index contributed by atoms with van der Waals surface area (Å²) in [7, 11) is 0. The van der Waals surface area contributed by atoms with Gasteiger partial charge in [-0.25, -0.2) is 0 Å². The van der Waals surface area contributed by atoms with Crippen molar-refractivity contribution < 1.29 is 4.79 Å². The van der Waals surface area contributed by atoms with Crippen molar-refractivity contribution in [2.45, 2.75) is 32.1 Å². The van der Waals surface area contributed by atoms with Gasteiger partial charge in [-0.1, -0.05) is 32.9 Å². The molecule has 1 amide bonds. The Morgan fingerprint density at radius 1 is 1.29 bits per heavy atom. The third kappa shape index (κ3) is 6.22. The van der Waals surface area contributed by atoms with Gasteiger partial charge in [0.25, 0.3) is 0 Å². The van der Waals surface area contributed by atoms with E-state index in [1.807, 2.05) is 24.3 Å². The number of amides is 1. The Labute approximate surface area is 107 Å². The predicted octanol–water partition coefficient (Wildman–Crippen LogP) is 2.42. The standard InChI is InChI=1S/C13H20N2OS/c1-13(2,3)17-9-12(16)15-8-10-4-6-11(14)7-5-10/h4-7H,8-9,14H2,1-3H3,(H,15,16). The number of rotatable bonds is 4. The lowest BCUT2D eigenvalue weighted by atomic mass is 10.2. The Hall–Kier alpha value is -1.16. The van der Waals surface area contributed by atoms with Crippen LogP contribution in [0.3, 0.4) is 0 Å². The van der Waals surface area contributed by atoms with E-state index in [9.17, 15) is 4.79 Å². The molecule has 4 heteroatoms. The largest absolute Gasteiger partial charge is 0.399 e. The number of benzene rings is 1. The molecular weight excluding hydrogens is 232 g/mol. The van der Waals surface area contributed by atoms with E-state index < -0.39 is 0 Å². The molecule has 0 spiro atoms. The Balaban J connectivity index is 2.31. The van der Waals surface area contributed by atoms with Gasteiger partial charge in [-0.2, -0.15) is 0 Å². The van der Waals surface area contributed by atoms with Gasteiger partial charge in [0.15, 0.2) is 0 Å². The van der Waals surface area contributed by atoms with E-state index in [2.05, 4.69) is 26.1 Å². The van der Waals surface area contributed by atoms with Crippen molar-refractivity contribution in [3.05, 3.63) is 29.8 Å². The number of anilines is 1.